The number of allylic oxidation sites excluding steroid dienone is 2. The zero-order chi connectivity index (χ0) is 14.8. The predicted octanol–water partition coefficient (Wildman–Crippen LogP) is 1.52. The molecule has 0 aliphatic heterocycles. The maximum Gasteiger partial charge on any atom is 0.331 e. The van der Waals surface area contributed by atoms with Gasteiger partial charge < -0.3 is 14.9 Å². The first-order chi connectivity index (χ1) is 9.44. The second-order valence-electron chi connectivity index (χ2n) is 5.99. The fourth-order valence-electron chi connectivity index (χ4n) is 3.58. The van der Waals surface area contributed by atoms with Gasteiger partial charge in [-0.25, -0.2) is 9.59 Å². The highest BCUT2D eigenvalue weighted by molar-refractivity contribution is 5.83. The number of carboxylic acids is 1. The average molecular weight is 280 g/mol. The molecule has 0 aromatic heterocycles. The maximum atomic E-state index is 11.7. The largest absolute Gasteiger partial charge is 0.478 e. The van der Waals surface area contributed by atoms with Gasteiger partial charge in [-0.2, -0.15) is 0 Å². The van der Waals surface area contributed by atoms with Gasteiger partial charge in [-0.3, -0.25) is 0 Å². The van der Waals surface area contributed by atoms with E-state index in [0.717, 1.165) is 25.3 Å². The number of aliphatic hydroxyl groups is 1. The summed E-state index contributed by atoms with van der Waals surface area (Å²) < 4.78 is 5.43. The number of carbonyl (C=O) groups excluding carboxylic acids is 1. The van der Waals surface area contributed by atoms with Crippen molar-refractivity contribution in [2.75, 3.05) is 6.61 Å². The molecule has 0 saturated heterocycles. The van der Waals surface area contributed by atoms with Crippen molar-refractivity contribution in [3.8, 4) is 0 Å². The Kier molecular flexibility index (Phi) is 4.28. The molecule has 20 heavy (non-hydrogen) atoms. The van der Waals surface area contributed by atoms with Gasteiger partial charge in [0.25, 0.3) is 0 Å². The second-order valence-corrected chi connectivity index (χ2v) is 5.99. The molecule has 2 rings (SSSR count). The van der Waals surface area contributed by atoms with Crippen LogP contribution in [0.3, 0.4) is 0 Å². The molecule has 0 aromatic rings. The van der Waals surface area contributed by atoms with Gasteiger partial charge in [0, 0.05) is 24.7 Å². The summed E-state index contributed by atoms with van der Waals surface area (Å²) in [6.45, 7) is 2.17. The van der Waals surface area contributed by atoms with E-state index in [1.165, 1.54) is 18.2 Å². The summed E-state index contributed by atoms with van der Waals surface area (Å²) in [5, 5.41) is 17.9. The minimum absolute atomic E-state index is 0.124. The molecular weight excluding hydrogens is 260 g/mol. The summed E-state index contributed by atoms with van der Waals surface area (Å²) in [6, 6.07) is 0. The monoisotopic (exact) mass is 280 g/mol. The van der Waals surface area contributed by atoms with E-state index in [1.54, 1.807) is 0 Å². The van der Waals surface area contributed by atoms with Gasteiger partial charge in [-0.05, 0) is 30.6 Å². The fraction of sp³-hybridized carbons (Fsp3) is 0.600. The molecule has 2 saturated carbocycles. The summed E-state index contributed by atoms with van der Waals surface area (Å²) in [5.74, 6) is -0.761. The summed E-state index contributed by atoms with van der Waals surface area (Å²) in [7, 11) is 0. The second kappa shape index (κ2) is 5.79. The Labute approximate surface area is 117 Å². The van der Waals surface area contributed by atoms with Crippen molar-refractivity contribution in [2.45, 2.75) is 32.3 Å². The molecule has 2 bridgehead atoms. The van der Waals surface area contributed by atoms with Crippen LogP contribution in [0.25, 0.3) is 0 Å². The first kappa shape index (κ1) is 14.8. The van der Waals surface area contributed by atoms with Crippen LogP contribution in [0.5, 0.6) is 0 Å². The average Bonchev–Trinajstić information content (AvgIpc) is 2.91. The van der Waals surface area contributed by atoms with Gasteiger partial charge in [-0.15, -0.1) is 0 Å². The summed E-state index contributed by atoms with van der Waals surface area (Å²) in [5.41, 5.74) is -0.138. The Bertz CT molecular complexity index is 453. The molecule has 4 atom stereocenters. The van der Waals surface area contributed by atoms with Crippen molar-refractivity contribution >= 4 is 11.9 Å². The molecule has 0 spiro atoms. The minimum atomic E-state index is -1.06. The minimum Gasteiger partial charge on any atom is -0.478 e. The number of rotatable bonds is 5. The number of hydrogen-bond donors (Lipinski definition) is 2. The number of hydrogen-bond acceptors (Lipinski definition) is 4. The highest BCUT2D eigenvalue weighted by Crippen LogP contribution is 2.56. The lowest BCUT2D eigenvalue weighted by atomic mass is 9.74. The van der Waals surface area contributed by atoms with E-state index < -0.39 is 11.9 Å². The van der Waals surface area contributed by atoms with Crippen molar-refractivity contribution in [1.29, 1.82) is 0 Å². The van der Waals surface area contributed by atoms with Crippen molar-refractivity contribution < 1.29 is 24.5 Å². The standard InChI is InChI=1S/C15H20O5/c1-15(9-16)8-10-6-11(15)12(7-10)20-14(19)5-3-2-4-13(17)18/h2-5,10-12,16H,6-9H2,1H3,(H,17,18)/b4-2+,5-3-/t10-,11+,12+,15-/m0/s1. The molecule has 0 heterocycles. The van der Waals surface area contributed by atoms with E-state index in [-0.39, 0.29) is 24.0 Å². The number of esters is 1. The van der Waals surface area contributed by atoms with Crippen LogP contribution in [0, 0.1) is 17.3 Å². The van der Waals surface area contributed by atoms with E-state index in [9.17, 15) is 14.7 Å². The molecule has 110 valence electrons. The maximum absolute atomic E-state index is 11.7. The van der Waals surface area contributed by atoms with Crippen molar-refractivity contribution in [3.05, 3.63) is 24.3 Å². The predicted molar refractivity (Wildman–Crippen MR) is 71.8 cm³/mol. The lowest BCUT2D eigenvalue weighted by Crippen LogP contribution is -2.38. The molecule has 2 aliphatic carbocycles. The first-order valence-electron chi connectivity index (χ1n) is 6.84. The number of carboxylic acid groups (broad SMARTS) is 1. The van der Waals surface area contributed by atoms with Gasteiger partial charge in [0.15, 0.2) is 0 Å². The molecule has 0 unspecified atom stereocenters. The SMILES string of the molecule is C[C@@]1(CO)C[C@H]2C[C@@H]1[C@H](OC(=O)/C=C\C=C\C(=O)O)C2. The Morgan fingerprint density at radius 1 is 1.30 bits per heavy atom. The van der Waals surface area contributed by atoms with Crippen LogP contribution in [-0.4, -0.2) is 34.9 Å². The van der Waals surface area contributed by atoms with E-state index in [2.05, 4.69) is 0 Å². The highest BCUT2D eigenvalue weighted by Gasteiger charge is 2.54. The quantitative estimate of drug-likeness (QED) is 0.453. The molecule has 5 nitrogen and oxygen atoms in total. The topological polar surface area (TPSA) is 83.8 Å². The van der Waals surface area contributed by atoms with E-state index in [1.807, 2.05) is 6.92 Å². The van der Waals surface area contributed by atoms with Crippen LogP contribution >= 0.6 is 0 Å². The van der Waals surface area contributed by atoms with E-state index >= 15 is 0 Å². The Balaban J connectivity index is 1.88. The molecule has 0 radical (unpaired) electrons. The molecule has 0 amide bonds. The molecule has 2 N–H and O–H groups in total. The van der Waals surface area contributed by atoms with Crippen LogP contribution in [0.4, 0.5) is 0 Å². The summed E-state index contributed by atoms with van der Waals surface area (Å²) >= 11 is 0. The Morgan fingerprint density at radius 2 is 2.00 bits per heavy atom. The fourth-order valence-corrected chi connectivity index (χ4v) is 3.58. The van der Waals surface area contributed by atoms with Crippen molar-refractivity contribution in [2.24, 2.45) is 17.3 Å². The molecule has 2 fully saturated rings. The van der Waals surface area contributed by atoms with Crippen molar-refractivity contribution in [3.63, 3.8) is 0 Å². The third kappa shape index (κ3) is 3.10. The third-order valence-electron chi connectivity index (χ3n) is 4.46. The van der Waals surface area contributed by atoms with Crippen LogP contribution in [-0.2, 0) is 14.3 Å². The lowest BCUT2D eigenvalue weighted by Gasteiger charge is -2.36. The smallest absolute Gasteiger partial charge is 0.331 e. The molecular formula is C15H20O5. The molecule has 5 heteroatoms. The van der Waals surface area contributed by atoms with Gasteiger partial charge in [0.2, 0.25) is 0 Å². The van der Waals surface area contributed by atoms with Gasteiger partial charge in [-0.1, -0.05) is 19.1 Å². The number of ether oxygens (including phenoxy) is 1. The summed E-state index contributed by atoms with van der Waals surface area (Å²) in [6.07, 6.45) is 7.55. The van der Waals surface area contributed by atoms with Gasteiger partial charge >= 0.3 is 11.9 Å². The lowest BCUT2D eigenvalue weighted by molar-refractivity contribution is -0.149. The highest BCUT2D eigenvalue weighted by atomic mass is 16.5. The number of carbonyl (C=O) groups is 2. The van der Waals surface area contributed by atoms with Crippen LogP contribution < -0.4 is 0 Å². The van der Waals surface area contributed by atoms with Crippen molar-refractivity contribution in [1.82, 2.24) is 0 Å². The van der Waals surface area contributed by atoms with E-state index in [4.69, 9.17) is 9.84 Å². The zero-order valence-electron chi connectivity index (χ0n) is 11.5. The Hall–Kier alpha value is -1.62. The number of fused-ring (bicyclic) bond motifs is 2. The van der Waals surface area contributed by atoms with Gasteiger partial charge in [0.05, 0.1) is 0 Å². The van der Waals surface area contributed by atoms with Crippen LogP contribution in [0.2, 0.25) is 0 Å². The molecule has 2 aliphatic rings. The summed E-state index contributed by atoms with van der Waals surface area (Å²) in [4.78, 5) is 21.9. The zero-order valence-corrected chi connectivity index (χ0v) is 11.5. The van der Waals surface area contributed by atoms with Crippen LogP contribution in [0.1, 0.15) is 26.2 Å². The van der Waals surface area contributed by atoms with E-state index in [0.29, 0.717) is 5.92 Å². The normalized spacial score (nSPS) is 36.0. The first-order valence-corrected chi connectivity index (χ1v) is 6.84. The number of aliphatic hydroxyl groups excluding tert-OH is 1. The number of aliphatic carboxylic acids is 1. The Morgan fingerprint density at radius 3 is 2.60 bits per heavy atom. The van der Waals surface area contributed by atoms with Crippen LogP contribution in [0.15, 0.2) is 24.3 Å². The molecule has 0 aromatic carbocycles. The van der Waals surface area contributed by atoms with Gasteiger partial charge in [0.1, 0.15) is 6.10 Å². The third-order valence-corrected chi connectivity index (χ3v) is 4.46.